The molecule has 0 saturated carbocycles. The van der Waals surface area contributed by atoms with Crippen LogP contribution in [0.2, 0.25) is 5.02 Å². The second kappa shape index (κ2) is 5.42. The lowest BCUT2D eigenvalue weighted by Gasteiger charge is -2.03. The van der Waals surface area contributed by atoms with E-state index in [1.165, 1.54) is 0 Å². The van der Waals surface area contributed by atoms with Gasteiger partial charge in [0, 0.05) is 11.4 Å². The van der Waals surface area contributed by atoms with E-state index >= 15 is 0 Å². The van der Waals surface area contributed by atoms with Crippen molar-refractivity contribution in [3.63, 3.8) is 0 Å². The first-order chi connectivity index (χ1) is 8.97. The maximum atomic E-state index is 10.8. The van der Waals surface area contributed by atoms with Crippen LogP contribution < -0.4 is 0 Å². The molecule has 0 aromatic heterocycles. The van der Waals surface area contributed by atoms with Crippen LogP contribution in [0.15, 0.2) is 36.4 Å². The first-order valence-electron chi connectivity index (χ1n) is 5.34. The molecule has 2 aromatic carbocycles. The Balaban J connectivity index is 2.45. The lowest BCUT2D eigenvalue weighted by atomic mass is 10.0. The van der Waals surface area contributed by atoms with Crippen molar-refractivity contribution in [2.45, 2.75) is 6.42 Å². The van der Waals surface area contributed by atoms with Gasteiger partial charge < -0.3 is 5.11 Å². The molecule has 4 nitrogen and oxygen atoms in total. The van der Waals surface area contributed by atoms with Gasteiger partial charge in [0.25, 0.3) is 0 Å². The van der Waals surface area contributed by atoms with E-state index in [1.54, 1.807) is 36.4 Å². The fourth-order valence-corrected chi connectivity index (χ4v) is 2.37. The van der Waals surface area contributed by atoms with E-state index in [0.717, 1.165) is 10.8 Å². The van der Waals surface area contributed by atoms with Crippen LogP contribution in [0.1, 0.15) is 5.56 Å². The highest BCUT2D eigenvalue weighted by molar-refractivity contribution is 7.74. The summed E-state index contributed by atoms with van der Waals surface area (Å²) in [5.74, 6) is -1.43. The lowest BCUT2D eigenvalue weighted by Crippen LogP contribution is -2.16. The lowest BCUT2D eigenvalue weighted by molar-refractivity contribution is -0.129. The highest BCUT2D eigenvalue weighted by Gasteiger charge is 2.12. The van der Waals surface area contributed by atoms with E-state index < -0.39 is 21.1 Å². The highest BCUT2D eigenvalue weighted by atomic mass is 35.5. The van der Waals surface area contributed by atoms with Gasteiger partial charge in [-0.1, -0.05) is 35.9 Å². The molecule has 0 amide bonds. The average molecular weight is 297 g/mol. The fraction of sp³-hybridized carbons (Fsp3) is 0.0769. The minimum Gasteiger partial charge on any atom is -0.477 e. The number of halogens is 1. The third kappa shape index (κ3) is 3.13. The second-order valence-electron chi connectivity index (χ2n) is 3.97. The van der Waals surface area contributed by atoms with Gasteiger partial charge in [-0.2, -0.15) is 8.42 Å². The fourth-order valence-electron chi connectivity index (χ4n) is 1.77. The molecular weight excluding hydrogens is 288 g/mol. The highest BCUT2D eigenvalue weighted by Crippen LogP contribution is 2.20. The Kier molecular flexibility index (Phi) is 3.87. The number of hydrogen-bond donors (Lipinski definition) is 1. The van der Waals surface area contributed by atoms with E-state index in [1.807, 2.05) is 0 Å². The molecule has 98 valence electrons. The van der Waals surface area contributed by atoms with Gasteiger partial charge in [-0.3, -0.25) is 0 Å². The maximum absolute atomic E-state index is 10.8. The van der Waals surface area contributed by atoms with Crippen molar-refractivity contribution in [1.29, 1.82) is 0 Å². The number of rotatable bonds is 3. The summed E-state index contributed by atoms with van der Waals surface area (Å²) >= 11 is 5.86. The number of carbonyl (C=O) groups is 1. The van der Waals surface area contributed by atoms with Crippen molar-refractivity contribution >= 4 is 43.5 Å². The minimum absolute atomic E-state index is 0.135. The zero-order valence-corrected chi connectivity index (χ0v) is 11.2. The molecule has 19 heavy (non-hydrogen) atoms. The van der Waals surface area contributed by atoms with Crippen LogP contribution in [0, 0.1) is 0 Å². The van der Waals surface area contributed by atoms with Crippen LogP contribution in [0.3, 0.4) is 0 Å². The summed E-state index contributed by atoms with van der Waals surface area (Å²) in [5, 5.41) is 11.2. The molecule has 2 rings (SSSR count). The molecule has 0 aliphatic carbocycles. The van der Waals surface area contributed by atoms with Crippen LogP contribution in [0.5, 0.6) is 0 Å². The molecule has 0 atom stereocenters. The van der Waals surface area contributed by atoms with E-state index in [2.05, 4.69) is 0 Å². The summed E-state index contributed by atoms with van der Waals surface area (Å²) < 4.78 is 21.6. The molecule has 0 heterocycles. The molecule has 0 unspecified atom stereocenters. The van der Waals surface area contributed by atoms with E-state index in [4.69, 9.17) is 16.7 Å². The van der Waals surface area contributed by atoms with Crippen molar-refractivity contribution in [3.8, 4) is 0 Å². The zero-order valence-electron chi connectivity index (χ0n) is 9.63. The molecule has 0 fully saturated rings. The molecule has 0 radical (unpaired) electrons. The molecule has 0 saturated heterocycles. The van der Waals surface area contributed by atoms with Crippen molar-refractivity contribution in [1.82, 2.24) is 0 Å². The Labute approximate surface area is 115 Å². The summed E-state index contributed by atoms with van der Waals surface area (Å²) in [7, 11) is -2.73. The molecular formula is C13H9ClO4S. The van der Waals surface area contributed by atoms with Gasteiger partial charge in [-0.15, -0.1) is 0 Å². The number of hydrogen-bond acceptors (Lipinski definition) is 3. The van der Waals surface area contributed by atoms with Gasteiger partial charge in [-0.25, -0.2) is 4.79 Å². The molecule has 0 spiro atoms. The first-order valence-corrected chi connectivity index (χ1v) is 6.79. The predicted molar refractivity (Wildman–Crippen MR) is 74.2 cm³/mol. The Morgan fingerprint density at radius 2 is 1.74 bits per heavy atom. The Morgan fingerprint density at radius 3 is 2.37 bits per heavy atom. The largest absolute Gasteiger partial charge is 0.477 e. The van der Waals surface area contributed by atoms with Gasteiger partial charge in [0.05, 0.1) is 0 Å². The third-order valence-electron chi connectivity index (χ3n) is 2.67. The zero-order chi connectivity index (χ0) is 14.0. The summed E-state index contributed by atoms with van der Waals surface area (Å²) in [4.78, 5) is 10.3. The second-order valence-corrected chi connectivity index (χ2v) is 5.36. The third-order valence-corrected chi connectivity index (χ3v) is 3.63. The standard InChI is InChI=1S/C13H9ClO4S/c14-11-4-3-9-5-8(1-2-10(9)7-11)6-12(13(15)16)19(17)18/h1-5,7H,6H2,(H,15,16). The van der Waals surface area contributed by atoms with E-state index in [-0.39, 0.29) is 6.42 Å². The Morgan fingerprint density at radius 1 is 1.11 bits per heavy atom. The van der Waals surface area contributed by atoms with Crippen molar-refractivity contribution < 1.29 is 18.3 Å². The molecule has 0 aliphatic rings. The number of carboxylic acid groups (broad SMARTS) is 1. The van der Waals surface area contributed by atoms with Crippen molar-refractivity contribution in [2.24, 2.45) is 0 Å². The van der Waals surface area contributed by atoms with Gasteiger partial charge in [0.2, 0.25) is 10.3 Å². The molecule has 6 heteroatoms. The van der Waals surface area contributed by atoms with Gasteiger partial charge >= 0.3 is 5.97 Å². The van der Waals surface area contributed by atoms with E-state index in [0.29, 0.717) is 10.6 Å². The Bertz CT molecular complexity index is 785. The summed E-state index contributed by atoms with van der Waals surface area (Å²) in [6.07, 6.45) is -0.135. The van der Waals surface area contributed by atoms with Crippen LogP contribution in [0.25, 0.3) is 10.8 Å². The molecule has 2 aromatic rings. The first kappa shape index (κ1) is 13.6. The summed E-state index contributed by atoms with van der Waals surface area (Å²) in [6, 6.07) is 10.5. The number of carboxylic acids is 1. The molecule has 0 bridgehead atoms. The monoisotopic (exact) mass is 296 g/mol. The predicted octanol–water partition coefficient (Wildman–Crippen LogP) is 2.17. The summed E-state index contributed by atoms with van der Waals surface area (Å²) in [6.45, 7) is 0. The van der Waals surface area contributed by atoms with Crippen LogP contribution in [-0.4, -0.2) is 24.4 Å². The van der Waals surface area contributed by atoms with Crippen LogP contribution in [-0.2, 0) is 21.5 Å². The van der Waals surface area contributed by atoms with Crippen molar-refractivity contribution in [3.05, 3.63) is 47.0 Å². The number of aliphatic carboxylic acids is 1. The van der Waals surface area contributed by atoms with Crippen LogP contribution in [0.4, 0.5) is 0 Å². The molecule has 1 N–H and O–H groups in total. The van der Waals surface area contributed by atoms with Gasteiger partial charge in [-0.05, 0) is 28.5 Å². The smallest absolute Gasteiger partial charge is 0.347 e. The minimum atomic E-state index is -2.73. The SMILES string of the molecule is O=C(O)C(Cc1ccc2cc(Cl)ccc2c1)=S(=O)=O. The van der Waals surface area contributed by atoms with Crippen molar-refractivity contribution in [2.75, 3.05) is 0 Å². The quantitative estimate of drug-likeness (QED) is 0.881. The number of fused-ring (bicyclic) bond motifs is 1. The van der Waals surface area contributed by atoms with E-state index in [9.17, 15) is 13.2 Å². The van der Waals surface area contributed by atoms with Crippen LogP contribution >= 0.6 is 11.6 Å². The molecule has 0 aliphatic heterocycles. The number of benzene rings is 2. The summed E-state index contributed by atoms with van der Waals surface area (Å²) in [5.41, 5.74) is 0.622. The average Bonchev–Trinajstić information content (AvgIpc) is 2.35. The van der Waals surface area contributed by atoms with Gasteiger partial charge in [0.1, 0.15) is 0 Å². The maximum Gasteiger partial charge on any atom is 0.347 e. The topological polar surface area (TPSA) is 71.4 Å². The Hall–Kier alpha value is -1.85. The normalized spacial score (nSPS) is 10.4. The van der Waals surface area contributed by atoms with Gasteiger partial charge in [0.15, 0.2) is 4.86 Å².